The molecule has 0 atom stereocenters. The van der Waals surface area contributed by atoms with Crippen LogP contribution in [-0.4, -0.2) is 4.98 Å². The number of nitrogens with two attached hydrogens (primary N) is 1. The van der Waals surface area contributed by atoms with Gasteiger partial charge in [-0.3, -0.25) is 0 Å². The Labute approximate surface area is 99.4 Å². The summed E-state index contributed by atoms with van der Waals surface area (Å²) in [5.41, 5.74) is 6.37. The minimum Gasteiger partial charge on any atom is -0.326 e. The van der Waals surface area contributed by atoms with Gasteiger partial charge in [0.05, 0.1) is 12.5 Å². The number of alkyl halides is 2. The molecule has 0 aliphatic carbocycles. The van der Waals surface area contributed by atoms with Gasteiger partial charge in [0.1, 0.15) is 9.39 Å². The van der Waals surface area contributed by atoms with Crippen molar-refractivity contribution in [1.29, 1.82) is 5.26 Å². The van der Waals surface area contributed by atoms with E-state index in [1.807, 2.05) is 28.7 Å². The second-order valence-corrected chi connectivity index (χ2v) is 3.84. The molecule has 1 aromatic heterocycles. The SMILES string of the molecule is N#CCc1cc(C(F)F)nc(I)c1CN. The van der Waals surface area contributed by atoms with Crippen molar-refractivity contribution in [2.75, 3.05) is 0 Å². The highest BCUT2D eigenvalue weighted by Gasteiger charge is 2.15. The van der Waals surface area contributed by atoms with Gasteiger partial charge in [-0.05, 0) is 34.2 Å². The molecule has 0 aromatic carbocycles. The summed E-state index contributed by atoms with van der Waals surface area (Å²) in [7, 11) is 0. The van der Waals surface area contributed by atoms with Gasteiger partial charge in [-0.2, -0.15) is 5.26 Å². The first-order valence-corrected chi connectivity index (χ1v) is 5.21. The Kier molecular flexibility index (Phi) is 4.35. The van der Waals surface area contributed by atoms with E-state index in [0.717, 1.165) is 0 Å². The zero-order chi connectivity index (χ0) is 11.4. The van der Waals surface area contributed by atoms with Crippen LogP contribution in [0.25, 0.3) is 0 Å². The molecule has 0 aliphatic rings. The van der Waals surface area contributed by atoms with Gasteiger partial charge in [0.2, 0.25) is 0 Å². The molecule has 0 aliphatic heterocycles. The van der Waals surface area contributed by atoms with Crippen molar-refractivity contribution in [3.63, 3.8) is 0 Å². The van der Waals surface area contributed by atoms with Crippen LogP contribution in [0.1, 0.15) is 23.2 Å². The summed E-state index contributed by atoms with van der Waals surface area (Å²) in [5, 5.41) is 8.56. The van der Waals surface area contributed by atoms with Crippen molar-refractivity contribution in [2.45, 2.75) is 19.4 Å². The average Bonchev–Trinajstić information content (AvgIpc) is 2.17. The molecule has 80 valence electrons. The Hall–Kier alpha value is -0.810. The largest absolute Gasteiger partial charge is 0.326 e. The summed E-state index contributed by atoms with van der Waals surface area (Å²) >= 11 is 1.85. The molecule has 0 saturated carbocycles. The molecule has 1 heterocycles. The second-order valence-electron chi connectivity index (χ2n) is 2.82. The monoisotopic (exact) mass is 323 g/mol. The third-order valence-electron chi connectivity index (χ3n) is 1.88. The Bertz CT molecular complexity index is 401. The molecule has 0 fully saturated rings. The maximum Gasteiger partial charge on any atom is 0.280 e. The lowest BCUT2D eigenvalue weighted by Gasteiger charge is -2.09. The quantitative estimate of drug-likeness (QED) is 0.685. The molecule has 15 heavy (non-hydrogen) atoms. The van der Waals surface area contributed by atoms with Crippen molar-refractivity contribution in [3.05, 3.63) is 26.6 Å². The third kappa shape index (κ3) is 2.82. The molecule has 2 N–H and O–H groups in total. The van der Waals surface area contributed by atoms with Crippen LogP contribution in [0, 0.1) is 15.0 Å². The molecule has 0 unspecified atom stereocenters. The molecule has 6 heteroatoms. The Morgan fingerprint density at radius 3 is 2.73 bits per heavy atom. The van der Waals surface area contributed by atoms with E-state index in [9.17, 15) is 8.78 Å². The van der Waals surface area contributed by atoms with E-state index in [1.165, 1.54) is 6.07 Å². The van der Waals surface area contributed by atoms with Crippen LogP contribution < -0.4 is 5.73 Å². The normalized spacial score (nSPS) is 10.4. The van der Waals surface area contributed by atoms with Gasteiger partial charge in [-0.25, -0.2) is 13.8 Å². The highest BCUT2D eigenvalue weighted by Crippen LogP contribution is 2.23. The first-order valence-electron chi connectivity index (χ1n) is 4.13. The molecular formula is C9H8F2IN3. The van der Waals surface area contributed by atoms with Gasteiger partial charge < -0.3 is 5.73 Å². The number of hydrogen-bond acceptors (Lipinski definition) is 3. The van der Waals surface area contributed by atoms with Crippen molar-refractivity contribution < 1.29 is 8.78 Å². The van der Waals surface area contributed by atoms with Gasteiger partial charge in [0.25, 0.3) is 6.43 Å². The molecule has 0 saturated heterocycles. The van der Waals surface area contributed by atoms with Crippen LogP contribution in [0.15, 0.2) is 6.07 Å². The maximum absolute atomic E-state index is 12.4. The molecule has 1 aromatic rings. The van der Waals surface area contributed by atoms with Gasteiger partial charge in [-0.15, -0.1) is 0 Å². The van der Waals surface area contributed by atoms with Crippen LogP contribution in [0.2, 0.25) is 0 Å². The minimum absolute atomic E-state index is 0.0742. The van der Waals surface area contributed by atoms with Gasteiger partial charge in [-0.1, -0.05) is 0 Å². The molecule has 0 amide bonds. The third-order valence-corrected chi connectivity index (χ3v) is 2.78. The summed E-state index contributed by atoms with van der Waals surface area (Å²) in [6.07, 6.45) is -2.55. The maximum atomic E-state index is 12.4. The fourth-order valence-corrected chi connectivity index (χ4v) is 2.03. The van der Waals surface area contributed by atoms with Gasteiger partial charge in [0, 0.05) is 12.1 Å². The molecule has 0 radical (unpaired) electrons. The number of nitriles is 1. The zero-order valence-electron chi connectivity index (χ0n) is 7.67. The summed E-state index contributed by atoms with van der Waals surface area (Å²) in [4.78, 5) is 3.73. The van der Waals surface area contributed by atoms with E-state index in [0.29, 0.717) is 14.8 Å². The van der Waals surface area contributed by atoms with Crippen LogP contribution >= 0.6 is 22.6 Å². The van der Waals surface area contributed by atoms with Crippen molar-refractivity contribution in [2.24, 2.45) is 5.73 Å². The summed E-state index contributed by atoms with van der Waals surface area (Å²) in [6, 6.07) is 3.17. The van der Waals surface area contributed by atoms with Gasteiger partial charge in [0.15, 0.2) is 0 Å². The van der Waals surface area contributed by atoms with E-state index in [2.05, 4.69) is 4.98 Å². The predicted octanol–water partition coefficient (Wildman–Crippen LogP) is 2.15. The van der Waals surface area contributed by atoms with Crippen molar-refractivity contribution >= 4 is 22.6 Å². The highest BCUT2D eigenvalue weighted by atomic mass is 127. The lowest BCUT2D eigenvalue weighted by Crippen LogP contribution is -2.08. The van der Waals surface area contributed by atoms with Crippen molar-refractivity contribution in [3.8, 4) is 6.07 Å². The summed E-state index contributed by atoms with van der Waals surface area (Å²) < 4.78 is 25.3. The number of halogens is 3. The summed E-state index contributed by atoms with van der Waals surface area (Å²) in [6.45, 7) is 0.200. The Balaban J connectivity index is 3.26. The fourth-order valence-electron chi connectivity index (χ4n) is 1.18. The van der Waals surface area contributed by atoms with E-state index in [-0.39, 0.29) is 18.7 Å². The number of hydrogen-bond donors (Lipinski definition) is 1. The minimum atomic E-state index is -2.62. The summed E-state index contributed by atoms with van der Waals surface area (Å²) in [5.74, 6) is 0. The second kappa shape index (κ2) is 5.32. The van der Waals surface area contributed by atoms with Crippen LogP contribution in [0.5, 0.6) is 0 Å². The van der Waals surface area contributed by atoms with E-state index in [4.69, 9.17) is 11.0 Å². The van der Waals surface area contributed by atoms with E-state index < -0.39 is 6.43 Å². The Morgan fingerprint density at radius 2 is 2.27 bits per heavy atom. The number of pyridine rings is 1. The molecular weight excluding hydrogens is 315 g/mol. The predicted molar refractivity (Wildman–Crippen MR) is 59.1 cm³/mol. The van der Waals surface area contributed by atoms with E-state index >= 15 is 0 Å². The molecule has 1 rings (SSSR count). The first-order chi connectivity index (χ1) is 7.10. The average molecular weight is 323 g/mol. The lowest BCUT2D eigenvalue weighted by molar-refractivity contribution is 0.145. The number of aromatic nitrogens is 1. The zero-order valence-corrected chi connectivity index (χ0v) is 9.83. The van der Waals surface area contributed by atoms with Crippen LogP contribution in [0.4, 0.5) is 8.78 Å². The highest BCUT2D eigenvalue weighted by molar-refractivity contribution is 14.1. The van der Waals surface area contributed by atoms with Gasteiger partial charge >= 0.3 is 0 Å². The van der Waals surface area contributed by atoms with Crippen LogP contribution in [-0.2, 0) is 13.0 Å². The Morgan fingerprint density at radius 1 is 1.60 bits per heavy atom. The number of rotatable bonds is 3. The number of nitrogens with zero attached hydrogens (tertiary/aromatic N) is 2. The van der Waals surface area contributed by atoms with Crippen molar-refractivity contribution in [1.82, 2.24) is 4.98 Å². The lowest BCUT2D eigenvalue weighted by atomic mass is 10.1. The van der Waals surface area contributed by atoms with Crippen LogP contribution in [0.3, 0.4) is 0 Å². The molecule has 0 bridgehead atoms. The standard InChI is InChI=1S/C9H8F2IN3/c10-8(11)7-3-5(1-2-13)6(4-14)9(12)15-7/h3,8H,1,4,14H2. The topological polar surface area (TPSA) is 62.7 Å². The molecule has 0 spiro atoms. The molecule has 3 nitrogen and oxygen atoms in total. The smallest absolute Gasteiger partial charge is 0.280 e. The fraction of sp³-hybridized carbons (Fsp3) is 0.333. The van der Waals surface area contributed by atoms with E-state index in [1.54, 1.807) is 0 Å². The first kappa shape index (κ1) is 12.3.